The van der Waals surface area contributed by atoms with Crippen molar-refractivity contribution in [2.24, 2.45) is 0 Å². The van der Waals surface area contributed by atoms with E-state index in [2.05, 4.69) is 15.4 Å². The number of carbonyl (C=O) groups is 1. The minimum Gasteiger partial charge on any atom is -0.493 e. The second-order valence-electron chi connectivity index (χ2n) is 4.73. The van der Waals surface area contributed by atoms with Gasteiger partial charge in [0, 0.05) is 12.6 Å². The maximum Gasteiger partial charge on any atom is 0.387 e. The Morgan fingerprint density at radius 2 is 2.29 bits per heavy atom. The third kappa shape index (κ3) is 4.04. The van der Waals surface area contributed by atoms with E-state index in [9.17, 15) is 13.6 Å². The lowest BCUT2D eigenvalue weighted by molar-refractivity contribution is -0.0515. The molecule has 1 aliphatic heterocycles. The number of hydrogen-bond donors (Lipinski definition) is 2. The number of rotatable bonds is 5. The molecule has 116 valence electrons. The van der Waals surface area contributed by atoms with E-state index in [1.807, 2.05) is 0 Å². The largest absolute Gasteiger partial charge is 0.493 e. The van der Waals surface area contributed by atoms with Crippen LogP contribution in [0.5, 0.6) is 11.5 Å². The van der Waals surface area contributed by atoms with Crippen LogP contribution in [-0.4, -0.2) is 38.8 Å². The number of hydrogen-bond acceptors (Lipinski definition) is 4. The number of alkyl halides is 2. The first-order valence-corrected chi connectivity index (χ1v) is 6.75. The molecule has 1 aliphatic rings. The molecule has 0 spiro atoms. The predicted molar refractivity (Wildman–Crippen MR) is 73.0 cm³/mol. The quantitative estimate of drug-likeness (QED) is 0.870. The van der Waals surface area contributed by atoms with Crippen LogP contribution in [0.4, 0.5) is 8.78 Å². The van der Waals surface area contributed by atoms with Crippen LogP contribution < -0.4 is 20.1 Å². The van der Waals surface area contributed by atoms with Crippen molar-refractivity contribution in [1.82, 2.24) is 10.6 Å². The average molecular weight is 300 g/mol. The molecule has 1 heterocycles. The SMILES string of the molecule is COc1cccc(C(=O)N[C@H]2CCCNC2)c1OC(F)F. The number of amides is 1. The number of carbonyl (C=O) groups excluding carboxylic acids is 1. The molecule has 2 N–H and O–H groups in total. The summed E-state index contributed by atoms with van der Waals surface area (Å²) in [6, 6.07) is 4.45. The van der Waals surface area contributed by atoms with Gasteiger partial charge in [0.25, 0.3) is 5.91 Å². The molecule has 5 nitrogen and oxygen atoms in total. The first-order valence-electron chi connectivity index (χ1n) is 6.75. The Bertz CT molecular complexity index is 491. The van der Waals surface area contributed by atoms with Crippen LogP contribution in [0.3, 0.4) is 0 Å². The van der Waals surface area contributed by atoms with Gasteiger partial charge in [-0.05, 0) is 31.5 Å². The van der Waals surface area contributed by atoms with Crippen molar-refractivity contribution in [2.45, 2.75) is 25.5 Å². The summed E-state index contributed by atoms with van der Waals surface area (Å²) in [5, 5.41) is 5.99. The number of halogens is 2. The number of para-hydroxylation sites is 1. The molecular formula is C14H18F2N2O3. The maximum atomic E-state index is 12.5. The fourth-order valence-corrected chi connectivity index (χ4v) is 2.30. The molecule has 0 unspecified atom stereocenters. The third-order valence-electron chi connectivity index (χ3n) is 3.28. The summed E-state index contributed by atoms with van der Waals surface area (Å²) < 4.78 is 34.5. The second-order valence-corrected chi connectivity index (χ2v) is 4.73. The normalized spacial score (nSPS) is 18.4. The Labute approximate surface area is 121 Å². The van der Waals surface area contributed by atoms with E-state index in [1.165, 1.54) is 19.2 Å². The van der Waals surface area contributed by atoms with E-state index in [0.29, 0.717) is 6.54 Å². The molecule has 1 atom stereocenters. The van der Waals surface area contributed by atoms with Gasteiger partial charge in [0.05, 0.1) is 12.7 Å². The van der Waals surface area contributed by atoms with Crippen LogP contribution in [-0.2, 0) is 0 Å². The van der Waals surface area contributed by atoms with E-state index < -0.39 is 12.5 Å². The molecule has 0 aliphatic carbocycles. The predicted octanol–water partition coefficient (Wildman–Crippen LogP) is 1.78. The zero-order chi connectivity index (χ0) is 15.2. The highest BCUT2D eigenvalue weighted by Crippen LogP contribution is 2.32. The third-order valence-corrected chi connectivity index (χ3v) is 3.28. The van der Waals surface area contributed by atoms with Crippen molar-refractivity contribution in [1.29, 1.82) is 0 Å². The molecule has 7 heteroatoms. The number of methoxy groups -OCH3 is 1. The van der Waals surface area contributed by atoms with Gasteiger partial charge in [-0.1, -0.05) is 6.07 Å². The summed E-state index contributed by atoms with van der Waals surface area (Å²) in [6.45, 7) is -1.43. The molecule has 0 saturated carbocycles. The lowest BCUT2D eigenvalue weighted by Gasteiger charge is -2.24. The Morgan fingerprint density at radius 1 is 1.48 bits per heavy atom. The minimum atomic E-state index is -3.02. The van der Waals surface area contributed by atoms with Crippen molar-refractivity contribution in [3.63, 3.8) is 0 Å². The average Bonchev–Trinajstić information content (AvgIpc) is 2.47. The first kappa shape index (κ1) is 15.5. The summed E-state index contributed by atoms with van der Waals surface area (Å²) in [5.41, 5.74) is 0.0419. The molecule has 0 aromatic heterocycles. The summed E-state index contributed by atoms with van der Waals surface area (Å²) in [4.78, 5) is 12.3. The van der Waals surface area contributed by atoms with Gasteiger partial charge < -0.3 is 20.1 Å². The highest BCUT2D eigenvalue weighted by Gasteiger charge is 2.22. The summed E-state index contributed by atoms with van der Waals surface area (Å²) >= 11 is 0. The lowest BCUT2D eigenvalue weighted by Crippen LogP contribution is -2.45. The number of piperidine rings is 1. The molecule has 1 aromatic rings. The van der Waals surface area contributed by atoms with Gasteiger partial charge in [0.2, 0.25) is 0 Å². The van der Waals surface area contributed by atoms with Crippen molar-refractivity contribution < 1.29 is 23.0 Å². The zero-order valence-corrected chi connectivity index (χ0v) is 11.7. The molecule has 1 saturated heterocycles. The fourth-order valence-electron chi connectivity index (χ4n) is 2.30. The van der Waals surface area contributed by atoms with Crippen molar-refractivity contribution >= 4 is 5.91 Å². The fraction of sp³-hybridized carbons (Fsp3) is 0.500. The topological polar surface area (TPSA) is 59.6 Å². The Morgan fingerprint density at radius 3 is 2.90 bits per heavy atom. The molecule has 1 amide bonds. The van der Waals surface area contributed by atoms with E-state index in [0.717, 1.165) is 19.4 Å². The maximum absolute atomic E-state index is 12.5. The van der Waals surface area contributed by atoms with E-state index in [4.69, 9.17) is 4.74 Å². The number of nitrogens with one attached hydrogen (secondary N) is 2. The number of ether oxygens (including phenoxy) is 2. The molecule has 0 bridgehead atoms. The number of benzene rings is 1. The monoisotopic (exact) mass is 300 g/mol. The van der Waals surface area contributed by atoms with Crippen LogP contribution >= 0.6 is 0 Å². The molecule has 2 rings (SSSR count). The standard InChI is InChI=1S/C14H18F2N2O3/c1-20-11-6-2-5-10(12(11)21-14(15)16)13(19)18-9-4-3-7-17-8-9/h2,5-6,9,14,17H,3-4,7-8H2,1H3,(H,18,19)/t9-/m0/s1. The first-order chi connectivity index (χ1) is 10.1. The van der Waals surface area contributed by atoms with Crippen LogP contribution in [0.1, 0.15) is 23.2 Å². The van der Waals surface area contributed by atoms with Gasteiger partial charge in [0.1, 0.15) is 0 Å². The van der Waals surface area contributed by atoms with Crippen molar-refractivity contribution in [3.8, 4) is 11.5 Å². The lowest BCUT2D eigenvalue weighted by atomic mass is 10.1. The van der Waals surface area contributed by atoms with Crippen molar-refractivity contribution in [3.05, 3.63) is 23.8 Å². The highest BCUT2D eigenvalue weighted by atomic mass is 19.3. The molecule has 1 fully saturated rings. The van der Waals surface area contributed by atoms with Crippen LogP contribution in [0.2, 0.25) is 0 Å². The van der Waals surface area contributed by atoms with E-state index >= 15 is 0 Å². The molecule has 1 aromatic carbocycles. The molecule has 21 heavy (non-hydrogen) atoms. The van der Waals surface area contributed by atoms with Gasteiger partial charge in [0.15, 0.2) is 11.5 Å². The summed E-state index contributed by atoms with van der Waals surface area (Å²) in [7, 11) is 1.33. The van der Waals surface area contributed by atoms with Crippen LogP contribution in [0.25, 0.3) is 0 Å². The Hall–Kier alpha value is -1.89. The van der Waals surface area contributed by atoms with Gasteiger partial charge in [-0.15, -0.1) is 0 Å². The van der Waals surface area contributed by atoms with Gasteiger partial charge in [-0.3, -0.25) is 4.79 Å². The van der Waals surface area contributed by atoms with Crippen molar-refractivity contribution in [2.75, 3.05) is 20.2 Å². The highest BCUT2D eigenvalue weighted by molar-refractivity contribution is 5.98. The van der Waals surface area contributed by atoms with Crippen LogP contribution in [0.15, 0.2) is 18.2 Å². The Kier molecular flexibility index (Phi) is 5.32. The summed E-state index contributed by atoms with van der Waals surface area (Å²) in [6.07, 6.45) is 1.82. The van der Waals surface area contributed by atoms with Gasteiger partial charge in [-0.2, -0.15) is 8.78 Å². The van der Waals surface area contributed by atoms with Crippen LogP contribution in [0, 0.1) is 0 Å². The summed E-state index contributed by atoms with van der Waals surface area (Å²) in [5.74, 6) is -0.584. The molecule has 0 radical (unpaired) electrons. The smallest absolute Gasteiger partial charge is 0.387 e. The van der Waals surface area contributed by atoms with Gasteiger partial charge >= 0.3 is 6.61 Å². The van der Waals surface area contributed by atoms with Gasteiger partial charge in [-0.25, -0.2) is 0 Å². The Balaban J connectivity index is 2.18. The zero-order valence-electron chi connectivity index (χ0n) is 11.7. The second kappa shape index (κ2) is 7.21. The van der Waals surface area contributed by atoms with E-state index in [-0.39, 0.29) is 23.1 Å². The minimum absolute atomic E-state index is 0.0168. The molecular weight excluding hydrogens is 282 g/mol. The van der Waals surface area contributed by atoms with E-state index in [1.54, 1.807) is 6.07 Å².